The number of amides is 1. The zero-order valence-electron chi connectivity index (χ0n) is 14.1. The Kier molecular flexibility index (Phi) is 5.33. The summed E-state index contributed by atoms with van der Waals surface area (Å²) < 4.78 is 13.2. The van der Waals surface area contributed by atoms with E-state index in [1.54, 1.807) is 0 Å². The van der Waals surface area contributed by atoms with Crippen molar-refractivity contribution in [1.29, 1.82) is 0 Å². The third-order valence-electron chi connectivity index (χ3n) is 4.92. The summed E-state index contributed by atoms with van der Waals surface area (Å²) >= 11 is 0. The monoisotopic (exact) mass is 321 g/mol. The molecule has 0 bridgehead atoms. The summed E-state index contributed by atoms with van der Waals surface area (Å²) in [5, 5.41) is 4.53. The first-order chi connectivity index (χ1) is 11.2. The molecule has 0 unspecified atom stereocenters. The lowest BCUT2D eigenvalue weighted by molar-refractivity contribution is -0.100. The van der Waals surface area contributed by atoms with Crippen LogP contribution in [0.2, 0.25) is 0 Å². The molecule has 1 amide bonds. The molecule has 2 saturated heterocycles. The number of likely N-dealkylation sites (tertiary alicyclic amines) is 1. The number of ether oxygens (including phenoxy) is 2. The normalized spacial score (nSPS) is 22.9. The Morgan fingerprint density at radius 3 is 2.74 bits per heavy atom. The van der Waals surface area contributed by atoms with Gasteiger partial charge < -0.3 is 14.4 Å². The van der Waals surface area contributed by atoms with Gasteiger partial charge in [-0.15, -0.1) is 0 Å². The van der Waals surface area contributed by atoms with Crippen molar-refractivity contribution in [3.05, 3.63) is 18.0 Å². The topological polar surface area (TPSA) is 56.6 Å². The second-order valence-electron chi connectivity index (χ2n) is 6.32. The van der Waals surface area contributed by atoms with Crippen LogP contribution in [0.4, 0.5) is 0 Å². The van der Waals surface area contributed by atoms with Gasteiger partial charge in [-0.3, -0.25) is 9.48 Å². The van der Waals surface area contributed by atoms with Crippen LogP contribution in [0.25, 0.3) is 0 Å². The van der Waals surface area contributed by atoms with Crippen molar-refractivity contribution in [2.75, 3.05) is 19.8 Å². The summed E-state index contributed by atoms with van der Waals surface area (Å²) in [6, 6.07) is 2.20. The van der Waals surface area contributed by atoms with Crippen molar-refractivity contribution in [3.8, 4) is 0 Å². The Bertz CT molecular complexity index is 521. The molecule has 23 heavy (non-hydrogen) atoms. The third-order valence-corrected chi connectivity index (χ3v) is 4.92. The smallest absolute Gasteiger partial charge is 0.274 e. The van der Waals surface area contributed by atoms with E-state index < -0.39 is 0 Å². The molecule has 1 aromatic rings. The summed E-state index contributed by atoms with van der Waals surface area (Å²) in [5.41, 5.74) is 0.529. The maximum absolute atomic E-state index is 12.9. The van der Waals surface area contributed by atoms with Crippen molar-refractivity contribution in [1.82, 2.24) is 14.7 Å². The summed E-state index contributed by atoms with van der Waals surface area (Å²) in [6.07, 6.45) is 6.75. The molecule has 2 fully saturated rings. The van der Waals surface area contributed by atoms with Crippen LogP contribution in [0, 0.1) is 0 Å². The van der Waals surface area contributed by atoms with Gasteiger partial charge in [-0.2, -0.15) is 5.10 Å². The largest absolute Gasteiger partial charge is 0.348 e. The molecule has 0 saturated carbocycles. The predicted octanol–water partition coefficient (Wildman–Crippen LogP) is 2.61. The molecular formula is C17H27N3O3. The number of rotatable bonds is 5. The Hall–Kier alpha value is -1.40. The molecule has 0 spiro atoms. The van der Waals surface area contributed by atoms with Crippen molar-refractivity contribution >= 4 is 5.91 Å². The molecule has 1 atom stereocenters. The number of carbonyl (C=O) groups excluding carboxylic acids is 1. The second-order valence-corrected chi connectivity index (χ2v) is 6.32. The molecule has 3 heterocycles. The lowest BCUT2D eigenvalue weighted by Crippen LogP contribution is -2.50. The lowest BCUT2D eigenvalue weighted by Gasteiger charge is -2.37. The maximum Gasteiger partial charge on any atom is 0.274 e. The van der Waals surface area contributed by atoms with Crippen LogP contribution in [-0.2, 0) is 9.47 Å². The summed E-state index contributed by atoms with van der Waals surface area (Å²) in [6.45, 7) is 6.28. The quantitative estimate of drug-likeness (QED) is 0.836. The average Bonchev–Trinajstić information content (AvgIpc) is 3.27. The molecular weight excluding hydrogens is 294 g/mol. The SMILES string of the molecule is CCC(CC)n1ccc(C(=O)N2CCCC[C@@H]2C2OCCO2)n1. The van der Waals surface area contributed by atoms with Crippen LogP contribution in [0.5, 0.6) is 0 Å². The molecule has 3 rings (SSSR count). The Labute approximate surface area is 137 Å². The maximum atomic E-state index is 12.9. The van der Waals surface area contributed by atoms with Gasteiger partial charge in [0.2, 0.25) is 0 Å². The van der Waals surface area contributed by atoms with Gasteiger partial charge in [0.25, 0.3) is 5.91 Å². The Morgan fingerprint density at radius 1 is 1.30 bits per heavy atom. The lowest BCUT2D eigenvalue weighted by atomic mass is 10.0. The first-order valence-corrected chi connectivity index (χ1v) is 8.84. The number of aromatic nitrogens is 2. The van der Waals surface area contributed by atoms with E-state index in [1.165, 1.54) is 0 Å². The van der Waals surface area contributed by atoms with Crippen molar-refractivity contribution < 1.29 is 14.3 Å². The molecule has 128 valence electrons. The van der Waals surface area contributed by atoms with Crippen molar-refractivity contribution in [2.45, 2.75) is 64.3 Å². The predicted molar refractivity (Wildman–Crippen MR) is 86.2 cm³/mol. The highest BCUT2D eigenvalue weighted by atomic mass is 16.7. The van der Waals surface area contributed by atoms with E-state index in [2.05, 4.69) is 18.9 Å². The van der Waals surface area contributed by atoms with Gasteiger partial charge in [0.1, 0.15) is 5.69 Å². The zero-order valence-corrected chi connectivity index (χ0v) is 14.1. The summed E-state index contributed by atoms with van der Waals surface area (Å²) in [5.74, 6) is -0.00138. The van der Waals surface area contributed by atoms with Gasteiger partial charge in [0.05, 0.1) is 25.3 Å². The van der Waals surface area contributed by atoms with Crippen LogP contribution in [0.1, 0.15) is 62.5 Å². The molecule has 0 radical (unpaired) electrons. The van der Waals surface area contributed by atoms with Gasteiger partial charge >= 0.3 is 0 Å². The molecule has 2 aliphatic heterocycles. The van der Waals surface area contributed by atoms with E-state index in [0.29, 0.717) is 24.9 Å². The van der Waals surface area contributed by atoms with E-state index in [9.17, 15) is 4.79 Å². The Balaban J connectivity index is 1.74. The molecule has 1 aromatic heterocycles. The minimum Gasteiger partial charge on any atom is -0.348 e. The first-order valence-electron chi connectivity index (χ1n) is 8.84. The van der Waals surface area contributed by atoms with Gasteiger partial charge in [-0.25, -0.2) is 0 Å². The summed E-state index contributed by atoms with van der Waals surface area (Å²) in [7, 11) is 0. The molecule has 2 aliphatic rings. The van der Waals surface area contributed by atoms with E-state index in [-0.39, 0.29) is 18.2 Å². The standard InChI is InChI=1S/C17H27N3O3/c1-3-13(4-2)20-10-8-14(18-20)16(21)19-9-6-5-7-15(19)17-22-11-12-23-17/h8,10,13,15,17H,3-7,9,11-12H2,1-2H3/t15-/m1/s1. The zero-order chi connectivity index (χ0) is 16.2. The fourth-order valence-corrected chi connectivity index (χ4v) is 3.56. The van der Waals surface area contributed by atoms with Crippen molar-refractivity contribution in [2.24, 2.45) is 0 Å². The number of carbonyl (C=O) groups is 1. The fraction of sp³-hybridized carbons (Fsp3) is 0.765. The van der Waals surface area contributed by atoms with Gasteiger partial charge in [-0.05, 0) is 38.2 Å². The highest BCUT2D eigenvalue weighted by Gasteiger charge is 2.37. The molecule has 0 aliphatic carbocycles. The van der Waals surface area contributed by atoms with E-state index >= 15 is 0 Å². The van der Waals surface area contributed by atoms with Crippen LogP contribution in [0.15, 0.2) is 12.3 Å². The van der Waals surface area contributed by atoms with Gasteiger partial charge in [-0.1, -0.05) is 13.8 Å². The van der Waals surface area contributed by atoms with E-state index in [0.717, 1.165) is 38.6 Å². The number of hydrogen-bond acceptors (Lipinski definition) is 4. The molecule has 0 N–H and O–H groups in total. The van der Waals surface area contributed by atoms with Crippen LogP contribution >= 0.6 is 0 Å². The fourth-order valence-electron chi connectivity index (χ4n) is 3.56. The number of piperidine rings is 1. The highest BCUT2D eigenvalue weighted by molar-refractivity contribution is 5.92. The average molecular weight is 321 g/mol. The molecule has 6 nitrogen and oxygen atoms in total. The number of hydrogen-bond donors (Lipinski definition) is 0. The van der Waals surface area contributed by atoms with E-state index in [4.69, 9.17) is 9.47 Å². The van der Waals surface area contributed by atoms with Crippen molar-refractivity contribution in [3.63, 3.8) is 0 Å². The van der Waals surface area contributed by atoms with E-state index in [1.807, 2.05) is 21.8 Å². The van der Waals surface area contributed by atoms with Gasteiger partial charge in [0.15, 0.2) is 6.29 Å². The van der Waals surface area contributed by atoms with Crippen LogP contribution in [-0.4, -0.2) is 52.7 Å². The summed E-state index contributed by atoms with van der Waals surface area (Å²) in [4.78, 5) is 14.8. The minimum absolute atomic E-state index is 0.00138. The third kappa shape index (κ3) is 3.43. The van der Waals surface area contributed by atoms with Gasteiger partial charge in [0, 0.05) is 12.7 Å². The highest BCUT2D eigenvalue weighted by Crippen LogP contribution is 2.26. The first kappa shape index (κ1) is 16.5. The van der Waals surface area contributed by atoms with Crippen LogP contribution < -0.4 is 0 Å². The minimum atomic E-state index is -0.277. The second kappa shape index (κ2) is 7.45. The van der Waals surface area contributed by atoms with Crippen LogP contribution in [0.3, 0.4) is 0 Å². The molecule has 0 aromatic carbocycles. The Morgan fingerprint density at radius 2 is 2.04 bits per heavy atom. The number of nitrogens with zero attached hydrogens (tertiary/aromatic N) is 3. The molecule has 6 heteroatoms.